The van der Waals surface area contributed by atoms with E-state index in [1.54, 1.807) is 19.2 Å². The fraction of sp³-hybridized carbons (Fsp3) is 0.185. The summed E-state index contributed by atoms with van der Waals surface area (Å²) in [6.07, 6.45) is 0. The maximum atomic E-state index is 12.8. The first kappa shape index (κ1) is 23.4. The van der Waals surface area contributed by atoms with Gasteiger partial charge in [-0.15, -0.1) is 10.2 Å². The Morgan fingerprint density at radius 2 is 1.44 bits per heavy atom. The Bertz CT molecular complexity index is 1290. The van der Waals surface area contributed by atoms with Crippen LogP contribution in [0.15, 0.2) is 78.0 Å². The SMILES string of the molecule is COc1ccccc1NC(=O)[C@@H](C)Sc1nnc(-c2ccc(C)cc2)c(-c2ccc(C)cc2)n1. The number of amides is 1. The van der Waals surface area contributed by atoms with Crippen LogP contribution in [0.25, 0.3) is 22.5 Å². The van der Waals surface area contributed by atoms with Crippen LogP contribution in [-0.2, 0) is 4.79 Å². The molecule has 0 unspecified atom stereocenters. The van der Waals surface area contributed by atoms with E-state index >= 15 is 0 Å². The Morgan fingerprint density at radius 3 is 2.06 bits per heavy atom. The van der Waals surface area contributed by atoms with E-state index < -0.39 is 5.25 Å². The van der Waals surface area contributed by atoms with Crippen molar-refractivity contribution in [1.82, 2.24) is 15.2 Å². The van der Waals surface area contributed by atoms with Gasteiger partial charge in [0, 0.05) is 11.1 Å². The standard InChI is InChI=1S/C27H26N4O2S/c1-17-9-13-20(14-10-17)24-25(21-15-11-18(2)12-16-21)30-31-27(29-24)34-19(3)26(32)28-22-7-5-6-8-23(22)33-4/h5-16,19H,1-4H3,(H,28,32)/t19-/m1/s1. The third-order valence-corrected chi connectivity index (χ3v) is 6.28. The predicted molar refractivity (Wildman–Crippen MR) is 137 cm³/mol. The van der Waals surface area contributed by atoms with Crippen LogP contribution < -0.4 is 10.1 Å². The van der Waals surface area contributed by atoms with Crippen LogP contribution in [0.5, 0.6) is 5.75 Å². The van der Waals surface area contributed by atoms with E-state index in [9.17, 15) is 4.79 Å². The first-order valence-corrected chi connectivity index (χ1v) is 11.8. The van der Waals surface area contributed by atoms with Gasteiger partial charge in [0.1, 0.15) is 17.1 Å². The van der Waals surface area contributed by atoms with Crippen molar-refractivity contribution in [2.75, 3.05) is 12.4 Å². The first-order chi connectivity index (χ1) is 16.4. The smallest absolute Gasteiger partial charge is 0.237 e. The molecule has 0 bridgehead atoms. The normalized spacial score (nSPS) is 11.6. The quantitative estimate of drug-likeness (QED) is 0.336. The molecule has 4 aromatic rings. The number of hydrogen-bond acceptors (Lipinski definition) is 6. The number of rotatable bonds is 7. The molecule has 7 heteroatoms. The maximum absolute atomic E-state index is 12.8. The summed E-state index contributed by atoms with van der Waals surface area (Å²) >= 11 is 1.27. The summed E-state index contributed by atoms with van der Waals surface area (Å²) in [7, 11) is 1.57. The van der Waals surface area contributed by atoms with E-state index in [-0.39, 0.29) is 5.91 Å². The summed E-state index contributed by atoms with van der Waals surface area (Å²) < 4.78 is 5.32. The fourth-order valence-corrected chi connectivity index (χ4v) is 4.09. The summed E-state index contributed by atoms with van der Waals surface area (Å²) in [4.78, 5) is 17.7. The summed E-state index contributed by atoms with van der Waals surface area (Å²) in [6, 6.07) is 23.6. The molecule has 1 amide bonds. The number of nitrogens with zero attached hydrogens (tertiary/aromatic N) is 3. The zero-order chi connectivity index (χ0) is 24.1. The van der Waals surface area contributed by atoms with E-state index in [2.05, 4.69) is 15.5 Å². The molecule has 0 saturated carbocycles. The average molecular weight is 471 g/mol. The van der Waals surface area contributed by atoms with Crippen LogP contribution in [0.3, 0.4) is 0 Å². The van der Waals surface area contributed by atoms with Crippen molar-refractivity contribution in [3.05, 3.63) is 83.9 Å². The van der Waals surface area contributed by atoms with Crippen LogP contribution in [0.2, 0.25) is 0 Å². The monoisotopic (exact) mass is 470 g/mol. The lowest BCUT2D eigenvalue weighted by molar-refractivity contribution is -0.115. The van der Waals surface area contributed by atoms with Crippen molar-refractivity contribution in [3.8, 4) is 28.3 Å². The van der Waals surface area contributed by atoms with E-state index in [0.717, 1.165) is 16.8 Å². The van der Waals surface area contributed by atoms with Gasteiger partial charge in [0.15, 0.2) is 0 Å². The van der Waals surface area contributed by atoms with Crippen LogP contribution >= 0.6 is 11.8 Å². The number of nitrogens with one attached hydrogen (secondary N) is 1. The molecule has 1 heterocycles. The number of para-hydroxylation sites is 2. The highest BCUT2D eigenvalue weighted by Crippen LogP contribution is 2.32. The number of thioether (sulfide) groups is 1. The zero-order valence-corrected chi connectivity index (χ0v) is 20.4. The molecule has 0 spiro atoms. The molecule has 0 aliphatic heterocycles. The van der Waals surface area contributed by atoms with E-state index in [4.69, 9.17) is 9.72 Å². The van der Waals surface area contributed by atoms with Gasteiger partial charge in [-0.25, -0.2) is 4.98 Å². The second-order valence-electron chi connectivity index (χ2n) is 7.97. The molecular weight excluding hydrogens is 444 g/mol. The minimum Gasteiger partial charge on any atom is -0.495 e. The summed E-state index contributed by atoms with van der Waals surface area (Å²) in [5, 5.41) is 11.8. The Labute approximate surface area is 203 Å². The van der Waals surface area contributed by atoms with Gasteiger partial charge in [-0.1, -0.05) is 83.6 Å². The van der Waals surface area contributed by atoms with Crippen molar-refractivity contribution in [2.24, 2.45) is 0 Å². The Kier molecular flexibility index (Phi) is 7.23. The first-order valence-electron chi connectivity index (χ1n) is 10.9. The van der Waals surface area contributed by atoms with Gasteiger partial charge in [-0.05, 0) is 32.9 Å². The number of ether oxygens (including phenoxy) is 1. The van der Waals surface area contributed by atoms with Gasteiger partial charge in [0.25, 0.3) is 0 Å². The minimum atomic E-state index is -0.442. The number of hydrogen-bond donors (Lipinski definition) is 1. The fourth-order valence-electron chi connectivity index (χ4n) is 3.37. The molecule has 0 fully saturated rings. The summed E-state index contributed by atoms with van der Waals surface area (Å²) in [5.74, 6) is 0.438. The van der Waals surface area contributed by atoms with Gasteiger partial charge in [0.05, 0.1) is 18.0 Å². The number of aryl methyl sites for hydroxylation is 2. The Hall–Kier alpha value is -3.71. The molecule has 0 aliphatic rings. The van der Waals surface area contributed by atoms with Crippen LogP contribution in [0.1, 0.15) is 18.1 Å². The predicted octanol–water partition coefficient (Wildman–Crippen LogP) is 5.95. The van der Waals surface area contributed by atoms with Crippen LogP contribution in [0.4, 0.5) is 5.69 Å². The molecule has 1 atom stereocenters. The van der Waals surface area contributed by atoms with Crippen LogP contribution in [-0.4, -0.2) is 33.4 Å². The molecule has 4 rings (SSSR count). The van der Waals surface area contributed by atoms with Gasteiger partial charge in [-0.2, -0.15) is 0 Å². The number of aromatic nitrogens is 3. The molecule has 0 aliphatic carbocycles. The van der Waals surface area contributed by atoms with Crippen molar-refractivity contribution in [3.63, 3.8) is 0 Å². The highest BCUT2D eigenvalue weighted by Gasteiger charge is 2.20. The molecular formula is C27H26N4O2S. The van der Waals surface area contributed by atoms with E-state index in [1.807, 2.05) is 81.4 Å². The lowest BCUT2D eigenvalue weighted by atomic mass is 10.0. The van der Waals surface area contributed by atoms with Crippen molar-refractivity contribution in [1.29, 1.82) is 0 Å². The second kappa shape index (κ2) is 10.5. The van der Waals surface area contributed by atoms with E-state index in [1.165, 1.54) is 22.9 Å². The van der Waals surface area contributed by atoms with Crippen LogP contribution in [0, 0.1) is 13.8 Å². The number of carbonyl (C=O) groups excluding carboxylic acids is 1. The molecule has 34 heavy (non-hydrogen) atoms. The van der Waals surface area contributed by atoms with E-state index in [0.29, 0.717) is 22.3 Å². The molecule has 0 radical (unpaired) electrons. The number of methoxy groups -OCH3 is 1. The lowest BCUT2D eigenvalue weighted by Gasteiger charge is -2.14. The minimum absolute atomic E-state index is 0.169. The van der Waals surface area contributed by atoms with Gasteiger partial charge < -0.3 is 10.1 Å². The van der Waals surface area contributed by atoms with Gasteiger partial charge in [-0.3, -0.25) is 4.79 Å². The molecule has 1 aromatic heterocycles. The summed E-state index contributed by atoms with van der Waals surface area (Å²) in [6.45, 7) is 5.91. The molecule has 6 nitrogen and oxygen atoms in total. The zero-order valence-electron chi connectivity index (χ0n) is 19.6. The molecule has 0 saturated heterocycles. The van der Waals surface area contributed by atoms with Crippen molar-refractivity contribution in [2.45, 2.75) is 31.2 Å². The topological polar surface area (TPSA) is 77.0 Å². The lowest BCUT2D eigenvalue weighted by Crippen LogP contribution is -2.23. The Morgan fingerprint density at radius 1 is 0.853 bits per heavy atom. The number of anilines is 1. The maximum Gasteiger partial charge on any atom is 0.237 e. The molecule has 172 valence electrons. The number of benzene rings is 3. The second-order valence-corrected chi connectivity index (χ2v) is 9.28. The summed E-state index contributed by atoms with van der Waals surface area (Å²) in [5.41, 5.74) is 6.29. The third kappa shape index (κ3) is 5.43. The number of carbonyl (C=O) groups is 1. The highest BCUT2D eigenvalue weighted by molar-refractivity contribution is 8.00. The van der Waals surface area contributed by atoms with Gasteiger partial charge >= 0.3 is 0 Å². The van der Waals surface area contributed by atoms with Crippen molar-refractivity contribution >= 4 is 23.4 Å². The van der Waals surface area contributed by atoms with Gasteiger partial charge in [0.2, 0.25) is 11.1 Å². The molecule has 1 N–H and O–H groups in total. The average Bonchev–Trinajstić information content (AvgIpc) is 2.85. The van der Waals surface area contributed by atoms with Crippen molar-refractivity contribution < 1.29 is 9.53 Å². The Balaban J connectivity index is 1.62. The molecule has 3 aromatic carbocycles. The largest absolute Gasteiger partial charge is 0.495 e. The highest BCUT2D eigenvalue weighted by atomic mass is 32.2. The third-order valence-electron chi connectivity index (χ3n) is 5.33.